The molecule has 0 saturated carbocycles. The van der Waals surface area contributed by atoms with Crippen molar-refractivity contribution < 1.29 is 14.6 Å². The van der Waals surface area contributed by atoms with Crippen LogP contribution in [0, 0.1) is 5.92 Å². The lowest BCUT2D eigenvalue weighted by Gasteiger charge is -2.15. The van der Waals surface area contributed by atoms with Gasteiger partial charge in [0.1, 0.15) is 0 Å². The molecule has 2 aromatic carbocycles. The van der Waals surface area contributed by atoms with E-state index in [2.05, 4.69) is 24.4 Å². The third-order valence-corrected chi connectivity index (χ3v) is 4.72. The van der Waals surface area contributed by atoms with Gasteiger partial charge in [0.25, 0.3) is 0 Å². The summed E-state index contributed by atoms with van der Waals surface area (Å²) in [6.07, 6.45) is 4.20. The first-order valence-electron chi connectivity index (χ1n) is 9.28. The summed E-state index contributed by atoms with van der Waals surface area (Å²) in [4.78, 5) is 12.2. The van der Waals surface area contributed by atoms with E-state index in [-0.39, 0.29) is 11.7 Å². The number of phenolic OH excluding ortho intramolecular Hbond substituents is 1. The van der Waals surface area contributed by atoms with Gasteiger partial charge in [0, 0.05) is 13.0 Å². The maximum absolute atomic E-state index is 12.2. The minimum absolute atomic E-state index is 0.121. The number of carbonyl (C=O) groups is 1. The molecular weight excluding hydrogens is 326 g/mol. The molecule has 0 aromatic heterocycles. The molecule has 2 rings (SSSR count). The number of benzene rings is 2. The lowest BCUT2D eigenvalue weighted by Crippen LogP contribution is -2.27. The van der Waals surface area contributed by atoms with Crippen LogP contribution in [0.5, 0.6) is 11.5 Å². The number of hydrogen-bond acceptors (Lipinski definition) is 3. The van der Waals surface area contributed by atoms with E-state index in [4.69, 9.17) is 4.74 Å². The molecule has 2 N–H and O–H groups in total. The van der Waals surface area contributed by atoms with Gasteiger partial charge in [0.15, 0.2) is 11.5 Å². The first kappa shape index (κ1) is 19.8. The zero-order valence-electron chi connectivity index (χ0n) is 15.7. The SMILES string of the molecule is CCC(CCc1ccc(O)c(OC)c1)CC(=O)NCCc1ccccc1. The van der Waals surface area contributed by atoms with Crippen LogP contribution < -0.4 is 10.1 Å². The van der Waals surface area contributed by atoms with Crippen molar-refractivity contribution in [3.05, 3.63) is 59.7 Å². The molecule has 0 heterocycles. The summed E-state index contributed by atoms with van der Waals surface area (Å²) < 4.78 is 5.15. The molecule has 0 saturated heterocycles. The fourth-order valence-corrected chi connectivity index (χ4v) is 3.02. The summed E-state index contributed by atoms with van der Waals surface area (Å²) in [6.45, 7) is 2.80. The van der Waals surface area contributed by atoms with Crippen molar-refractivity contribution in [3.8, 4) is 11.5 Å². The van der Waals surface area contributed by atoms with Gasteiger partial charge >= 0.3 is 0 Å². The smallest absolute Gasteiger partial charge is 0.220 e. The topological polar surface area (TPSA) is 58.6 Å². The van der Waals surface area contributed by atoms with Gasteiger partial charge in [-0.25, -0.2) is 0 Å². The summed E-state index contributed by atoms with van der Waals surface area (Å²) in [6, 6.07) is 15.6. The summed E-state index contributed by atoms with van der Waals surface area (Å²) in [7, 11) is 1.55. The van der Waals surface area contributed by atoms with E-state index in [0.717, 1.165) is 31.2 Å². The second-order valence-electron chi connectivity index (χ2n) is 6.61. The largest absolute Gasteiger partial charge is 0.504 e. The molecule has 0 radical (unpaired) electrons. The number of ether oxygens (including phenoxy) is 1. The predicted molar refractivity (Wildman–Crippen MR) is 105 cm³/mol. The molecule has 1 atom stereocenters. The lowest BCUT2D eigenvalue weighted by molar-refractivity contribution is -0.122. The number of aryl methyl sites for hydroxylation is 1. The van der Waals surface area contributed by atoms with Crippen LogP contribution in [0.2, 0.25) is 0 Å². The molecule has 140 valence electrons. The van der Waals surface area contributed by atoms with Gasteiger partial charge in [-0.2, -0.15) is 0 Å². The van der Waals surface area contributed by atoms with Crippen molar-refractivity contribution in [2.75, 3.05) is 13.7 Å². The van der Waals surface area contributed by atoms with E-state index in [1.54, 1.807) is 13.2 Å². The Morgan fingerprint density at radius 2 is 1.88 bits per heavy atom. The Labute approximate surface area is 156 Å². The molecule has 0 spiro atoms. The first-order chi connectivity index (χ1) is 12.6. The van der Waals surface area contributed by atoms with Crippen molar-refractivity contribution in [1.29, 1.82) is 0 Å². The molecule has 1 amide bonds. The Bertz CT molecular complexity index is 685. The van der Waals surface area contributed by atoms with E-state index < -0.39 is 0 Å². The summed E-state index contributed by atoms with van der Waals surface area (Å²) in [5.74, 6) is 1.12. The Balaban J connectivity index is 1.74. The van der Waals surface area contributed by atoms with E-state index in [0.29, 0.717) is 24.6 Å². The molecule has 2 aromatic rings. The van der Waals surface area contributed by atoms with Crippen molar-refractivity contribution in [1.82, 2.24) is 5.32 Å². The zero-order valence-corrected chi connectivity index (χ0v) is 15.7. The van der Waals surface area contributed by atoms with E-state index in [1.807, 2.05) is 30.3 Å². The van der Waals surface area contributed by atoms with Crippen LogP contribution in [-0.2, 0) is 17.6 Å². The molecule has 0 aliphatic heterocycles. The van der Waals surface area contributed by atoms with Crippen LogP contribution in [0.4, 0.5) is 0 Å². The number of methoxy groups -OCH3 is 1. The maximum Gasteiger partial charge on any atom is 0.220 e. The second-order valence-corrected chi connectivity index (χ2v) is 6.61. The third kappa shape index (κ3) is 6.43. The van der Waals surface area contributed by atoms with Gasteiger partial charge in [0.2, 0.25) is 5.91 Å². The van der Waals surface area contributed by atoms with Gasteiger partial charge < -0.3 is 15.2 Å². The van der Waals surface area contributed by atoms with Crippen LogP contribution >= 0.6 is 0 Å². The summed E-state index contributed by atoms with van der Waals surface area (Å²) in [5, 5.41) is 12.7. The monoisotopic (exact) mass is 355 g/mol. The van der Waals surface area contributed by atoms with Crippen molar-refractivity contribution >= 4 is 5.91 Å². The molecule has 0 aliphatic carbocycles. The van der Waals surface area contributed by atoms with Crippen LogP contribution in [0.3, 0.4) is 0 Å². The number of phenols is 1. The fourth-order valence-electron chi connectivity index (χ4n) is 3.02. The number of rotatable bonds is 10. The van der Waals surface area contributed by atoms with Gasteiger partial charge in [0.05, 0.1) is 7.11 Å². The number of aromatic hydroxyl groups is 1. The maximum atomic E-state index is 12.2. The van der Waals surface area contributed by atoms with Gasteiger partial charge in [-0.05, 0) is 48.4 Å². The molecular formula is C22H29NO3. The van der Waals surface area contributed by atoms with Crippen molar-refractivity contribution in [2.45, 2.75) is 39.0 Å². The van der Waals surface area contributed by atoms with Crippen LogP contribution in [0.15, 0.2) is 48.5 Å². The highest BCUT2D eigenvalue weighted by Crippen LogP contribution is 2.27. The third-order valence-electron chi connectivity index (χ3n) is 4.72. The number of nitrogens with one attached hydrogen (secondary N) is 1. The van der Waals surface area contributed by atoms with Crippen LogP contribution in [0.25, 0.3) is 0 Å². The zero-order chi connectivity index (χ0) is 18.8. The highest BCUT2D eigenvalue weighted by atomic mass is 16.5. The minimum atomic E-state index is 0.121. The van der Waals surface area contributed by atoms with Crippen molar-refractivity contribution in [3.63, 3.8) is 0 Å². The average Bonchev–Trinajstić information content (AvgIpc) is 2.67. The Morgan fingerprint density at radius 3 is 2.58 bits per heavy atom. The second kappa shape index (κ2) is 10.5. The van der Waals surface area contributed by atoms with Gasteiger partial charge in [-0.15, -0.1) is 0 Å². The molecule has 4 nitrogen and oxygen atoms in total. The minimum Gasteiger partial charge on any atom is -0.504 e. The molecule has 0 bridgehead atoms. The number of hydrogen-bond donors (Lipinski definition) is 2. The molecule has 26 heavy (non-hydrogen) atoms. The van der Waals surface area contributed by atoms with Gasteiger partial charge in [-0.1, -0.05) is 49.7 Å². The first-order valence-corrected chi connectivity index (χ1v) is 9.28. The highest BCUT2D eigenvalue weighted by Gasteiger charge is 2.13. The average molecular weight is 355 g/mol. The van der Waals surface area contributed by atoms with E-state index >= 15 is 0 Å². The normalized spacial score (nSPS) is 11.8. The Kier molecular flexibility index (Phi) is 8.00. The highest BCUT2D eigenvalue weighted by molar-refractivity contribution is 5.76. The fraction of sp³-hybridized carbons (Fsp3) is 0.409. The number of carbonyl (C=O) groups excluding carboxylic acids is 1. The lowest BCUT2D eigenvalue weighted by atomic mass is 9.93. The van der Waals surface area contributed by atoms with Crippen LogP contribution in [0.1, 0.15) is 37.3 Å². The van der Waals surface area contributed by atoms with E-state index in [9.17, 15) is 9.90 Å². The Morgan fingerprint density at radius 1 is 1.12 bits per heavy atom. The van der Waals surface area contributed by atoms with Crippen molar-refractivity contribution in [2.24, 2.45) is 5.92 Å². The Hall–Kier alpha value is -2.49. The van der Waals surface area contributed by atoms with Crippen LogP contribution in [-0.4, -0.2) is 24.7 Å². The van der Waals surface area contributed by atoms with Gasteiger partial charge in [-0.3, -0.25) is 4.79 Å². The molecule has 0 fully saturated rings. The predicted octanol–water partition coefficient (Wildman–Crippen LogP) is 4.11. The molecule has 0 aliphatic rings. The quantitative estimate of drug-likeness (QED) is 0.674. The summed E-state index contributed by atoms with van der Waals surface area (Å²) >= 11 is 0. The van der Waals surface area contributed by atoms with E-state index in [1.165, 1.54) is 5.56 Å². The molecule has 4 heteroatoms. The molecule has 1 unspecified atom stereocenters. The number of amides is 1. The standard InChI is InChI=1S/C22H29NO3/c1-3-17(9-10-19-11-12-20(24)21(15-19)26-2)16-22(25)23-14-13-18-7-5-4-6-8-18/h4-8,11-12,15,17,24H,3,9-10,13-14,16H2,1-2H3,(H,23,25). The summed E-state index contributed by atoms with van der Waals surface area (Å²) in [5.41, 5.74) is 2.35.